The van der Waals surface area contributed by atoms with Crippen molar-refractivity contribution in [3.63, 3.8) is 0 Å². The van der Waals surface area contributed by atoms with Crippen LogP contribution in [0.15, 0.2) is 67.3 Å². The van der Waals surface area contributed by atoms with E-state index in [1.165, 1.54) is 31.8 Å². The summed E-state index contributed by atoms with van der Waals surface area (Å²) in [6, 6.07) is 16.5. The smallest absolute Gasteiger partial charge is 0.330 e. The fraction of sp³-hybridized carbons (Fsp3) is 0.385. The fourth-order valence-corrected chi connectivity index (χ4v) is 3.22. The Morgan fingerprint density at radius 3 is 2.23 bits per heavy atom. The molecule has 0 saturated carbocycles. The lowest BCUT2D eigenvalue weighted by Gasteiger charge is -2.19. The Labute approximate surface area is 179 Å². The molecule has 1 unspecified atom stereocenters. The fourth-order valence-electron chi connectivity index (χ4n) is 3.22. The number of unbranched alkanes of at least 4 members (excludes halogenated alkanes) is 4. The van der Waals surface area contributed by atoms with Gasteiger partial charge in [0.15, 0.2) is 5.78 Å². The van der Waals surface area contributed by atoms with Crippen LogP contribution in [0.1, 0.15) is 67.8 Å². The maximum atomic E-state index is 12.5. The van der Waals surface area contributed by atoms with Gasteiger partial charge in [0.05, 0.1) is 6.61 Å². The van der Waals surface area contributed by atoms with Crippen molar-refractivity contribution in [2.24, 2.45) is 0 Å². The number of benzene rings is 2. The molecule has 0 radical (unpaired) electrons. The topological polar surface area (TPSA) is 52.6 Å². The van der Waals surface area contributed by atoms with Crippen LogP contribution in [-0.4, -0.2) is 24.5 Å². The molecule has 0 bridgehead atoms. The Balaban J connectivity index is 1.94. The normalized spacial score (nSPS) is 11.5. The summed E-state index contributed by atoms with van der Waals surface area (Å²) in [5.41, 5.74) is 1.30. The molecular weight excluding hydrogens is 376 g/mol. The van der Waals surface area contributed by atoms with Crippen molar-refractivity contribution in [2.75, 3.05) is 6.61 Å². The molecule has 4 heteroatoms. The third-order valence-electron chi connectivity index (χ3n) is 4.94. The summed E-state index contributed by atoms with van der Waals surface area (Å²) in [4.78, 5) is 23.8. The highest BCUT2D eigenvalue weighted by atomic mass is 16.5. The van der Waals surface area contributed by atoms with Crippen molar-refractivity contribution < 1.29 is 19.1 Å². The Morgan fingerprint density at radius 2 is 1.57 bits per heavy atom. The second-order valence-corrected chi connectivity index (χ2v) is 7.32. The van der Waals surface area contributed by atoms with Crippen molar-refractivity contribution in [3.05, 3.63) is 78.4 Å². The van der Waals surface area contributed by atoms with Crippen LogP contribution < -0.4 is 4.74 Å². The number of ketones is 1. The van der Waals surface area contributed by atoms with Gasteiger partial charge >= 0.3 is 5.97 Å². The van der Waals surface area contributed by atoms with Crippen LogP contribution in [0.25, 0.3) is 0 Å². The largest absolute Gasteiger partial charge is 0.490 e. The Hall–Kier alpha value is -2.88. The first kappa shape index (κ1) is 23.4. The quantitative estimate of drug-likeness (QED) is 0.163. The molecule has 30 heavy (non-hydrogen) atoms. The van der Waals surface area contributed by atoms with E-state index in [2.05, 4.69) is 13.5 Å². The molecule has 0 N–H and O–H groups in total. The highest BCUT2D eigenvalue weighted by Gasteiger charge is 2.13. The van der Waals surface area contributed by atoms with Gasteiger partial charge in [-0.15, -0.1) is 0 Å². The molecule has 2 rings (SSSR count). The van der Waals surface area contributed by atoms with E-state index >= 15 is 0 Å². The standard InChI is InChI=1S/C26H32O4/c1-3-5-6-7-11-14-23(19-20-29-25(27)4-2)30-24-17-15-22(16-18-24)26(28)21-12-9-8-10-13-21/h4,8-10,12-13,15-18,23H,2-3,5-7,11,14,19-20H2,1H3. The van der Waals surface area contributed by atoms with Crippen LogP contribution in [-0.2, 0) is 9.53 Å². The Morgan fingerprint density at radius 1 is 0.900 bits per heavy atom. The average Bonchev–Trinajstić information content (AvgIpc) is 2.79. The Bertz CT molecular complexity index is 780. The van der Waals surface area contributed by atoms with Crippen LogP contribution in [0, 0.1) is 0 Å². The van der Waals surface area contributed by atoms with Gasteiger partial charge in [0.1, 0.15) is 11.9 Å². The average molecular weight is 409 g/mol. The molecule has 0 saturated heterocycles. The van der Waals surface area contributed by atoms with E-state index in [-0.39, 0.29) is 11.9 Å². The monoisotopic (exact) mass is 408 g/mol. The molecular formula is C26H32O4. The lowest BCUT2D eigenvalue weighted by Crippen LogP contribution is -2.20. The maximum Gasteiger partial charge on any atom is 0.330 e. The summed E-state index contributed by atoms with van der Waals surface area (Å²) in [6.07, 6.45) is 8.59. The van der Waals surface area contributed by atoms with Crippen molar-refractivity contribution >= 4 is 11.8 Å². The number of carbonyl (C=O) groups excluding carboxylic acids is 2. The third-order valence-corrected chi connectivity index (χ3v) is 4.94. The highest BCUT2D eigenvalue weighted by Crippen LogP contribution is 2.20. The molecule has 4 nitrogen and oxygen atoms in total. The van der Waals surface area contributed by atoms with E-state index in [9.17, 15) is 9.59 Å². The second kappa shape index (κ2) is 13.4. The zero-order valence-corrected chi connectivity index (χ0v) is 17.8. The zero-order valence-electron chi connectivity index (χ0n) is 17.8. The Kier molecular flexibility index (Phi) is 10.4. The highest BCUT2D eigenvalue weighted by molar-refractivity contribution is 6.08. The minimum Gasteiger partial charge on any atom is -0.490 e. The number of hydrogen-bond donors (Lipinski definition) is 0. The SMILES string of the molecule is C=CC(=O)OCCC(CCCCCCC)Oc1ccc(C(=O)c2ccccc2)cc1. The summed E-state index contributed by atoms with van der Waals surface area (Å²) in [7, 11) is 0. The predicted molar refractivity (Wildman–Crippen MR) is 120 cm³/mol. The molecule has 0 fully saturated rings. The molecule has 2 aromatic rings. The van der Waals surface area contributed by atoms with Gasteiger partial charge in [0.2, 0.25) is 0 Å². The molecule has 0 aromatic heterocycles. The number of rotatable bonds is 14. The molecule has 0 aliphatic rings. The van der Waals surface area contributed by atoms with Crippen LogP contribution in [0.3, 0.4) is 0 Å². The van der Waals surface area contributed by atoms with Crippen LogP contribution in [0.5, 0.6) is 5.75 Å². The molecule has 0 heterocycles. The minimum absolute atomic E-state index is 0.00837. The molecule has 0 spiro atoms. The molecule has 0 aliphatic carbocycles. The van der Waals surface area contributed by atoms with Gasteiger partial charge in [-0.1, -0.05) is 69.5 Å². The van der Waals surface area contributed by atoms with E-state index in [1.807, 2.05) is 42.5 Å². The summed E-state index contributed by atoms with van der Waals surface area (Å²) in [5, 5.41) is 0. The predicted octanol–water partition coefficient (Wildman–Crippen LogP) is 6.14. The minimum atomic E-state index is -0.416. The van der Waals surface area contributed by atoms with Gasteiger partial charge in [-0.25, -0.2) is 4.79 Å². The van der Waals surface area contributed by atoms with Gasteiger partial charge < -0.3 is 9.47 Å². The number of ether oxygens (including phenoxy) is 2. The van der Waals surface area contributed by atoms with Crippen LogP contribution in [0.2, 0.25) is 0 Å². The third kappa shape index (κ3) is 8.24. The first-order valence-electron chi connectivity index (χ1n) is 10.8. The summed E-state index contributed by atoms with van der Waals surface area (Å²) in [5.74, 6) is 0.291. The van der Waals surface area contributed by atoms with Crippen molar-refractivity contribution in [2.45, 2.75) is 58.0 Å². The molecule has 0 amide bonds. The van der Waals surface area contributed by atoms with Gasteiger partial charge in [0, 0.05) is 23.6 Å². The molecule has 160 valence electrons. The first-order valence-corrected chi connectivity index (χ1v) is 10.8. The van der Waals surface area contributed by atoms with Crippen molar-refractivity contribution in [1.82, 2.24) is 0 Å². The molecule has 1 atom stereocenters. The van der Waals surface area contributed by atoms with E-state index in [0.717, 1.165) is 12.8 Å². The zero-order chi connectivity index (χ0) is 21.6. The first-order chi connectivity index (χ1) is 14.6. The number of carbonyl (C=O) groups is 2. The van der Waals surface area contributed by atoms with Crippen molar-refractivity contribution in [3.8, 4) is 5.75 Å². The molecule has 2 aromatic carbocycles. The van der Waals surface area contributed by atoms with Gasteiger partial charge in [-0.2, -0.15) is 0 Å². The van der Waals surface area contributed by atoms with Gasteiger partial charge in [-0.3, -0.25) is 4.79 Å². The number of hydrogen-bond acceptors (Lipinski definition) is 4. The lowest BCUT2D eigenvalue weighted by atomic mass is 10.0. The summed E-state index contributed by atoms with van der Waals surface area (Å²) >= 11 is 0. The van der Waals surface area contributed by atoms with E-state index < -0.39 is 5.97 Å². The summed E-state index contributed by atoms with van der Waals surface area (Å²) < 4.78 is 11.3. The lowest BCUT2D eigenvalue weighted by molar-refractivity contribution is -0.138. The van der Waals surface area contributed by atoms with Gasteiger partial charge in [-0.05, 0) is 37.1 Å². The van der Waals surface area contributed by atoms with E-state index in [0.29, 0.717) is 29.9 Å². The maximum absolute atomic E-state index is 12.5. The van der Waals surface area contributed by atoms with Crippen LogP contribution >= 0.6 is 0 Å². The second-order valence-electron chi connectivity index (χ2n) is 7.32. The van der Waals surface area contributed by atoms with Crippen LogP contribution in [0.4, 0.5) is 0 Å². The molecule has 0 aliphatic heterocycles. The van der Waals surface area contributed by atoms with Crippen molar-refractivity contribution in [1.29, 1.82) is 0 Å². The van der Waals surface area contributed by atoms with Gasteiger partial charge in [0.25, 0.3) is 0 Å². The van der Waals surface area contributed by atoms with E-state index in [1.54, 1.807) is 12.1 Å². The summed E-state index contributed by atoms with van der Waals surface area (Å²) in [6.45, 7) is 5.92. The van der Waals surface area contributed by atoms with E-state index in [4.69, 9.17) is 9.47 Å². The number of esters is 1.